The van der Waals surface area contributed by atoms with Gasteiger partial charge in [0.25, 0.3) is 5.91 Å². The van der Waals surface area contributed by atoms with Crippen LogP contribution in [0.1, 0.15) is 33.6 Å². The highest BCUT2D eigenvalue weighted by molar-refractivity contribution is 5.76. The average Bonchev–Trinajstić information content (AvgIpc) is 2.33. The Hall–Kier alpha value is -1.99. The van der Waals surface area contributed by atoms with E-state index in [9.17, 15) is 19.3 Å². The van der Waals surface area contributed by atoms with Gasteiger partial charge in [-0.3, -0.25) is 9.59 Å². The van der Waals surface area contributed by atoms with Crippen molar-refractivity contribution in [2.45, 2.75) is 39.9 Å². The van der Waals surface area contributed by atoms with Gasteiger partial charge in [0.15, 0.2) is 0 Å². The van der Waals surface area contributed by atoms with Crippen molar-refractivity contribution in [2.24, 2.45) is 11.1 Å². The van der Waals surface area contributed by atoms with Crippen LogP contribution in [0.2, 0.25) is 0 Å². The first-order valence-corrected chi connectivity index (χ1v) is 5.88. The molecule has 0 saturated carbocycles. The summed E-state index contributed by atoms with van der Waals surface area (Å²) in [5, 5.41) is 4.56. The molecule has 1 atom stereocenters. The lowest BCUT2D eigenvalue weighted by Crippen LogP contribution is -2.31. The van der Waals surface area contributed by atoms with Gasteiger partial charge in [0.1, 0.15) is 0 Å². The van der Waals surface area contributed by atoms with Gasteiger partial charge in [-0.2, -0.15) is 0 Å². The van der Waals surface area contributed by atoms with Crippen molar-refractivity contribution in [3.63, 3.8) is 0 Å². The predicted molar refractivity (Wildman–Crippen MR) is 64.9 cm³/mol. The second kappa shape index (κ2) is 9.01. The molecule has 0 aliphatic rings. The molecule has 0 spiro atoms. The van der Waals surface area contributed by atoms with Crippen LogP contribution in [0.3, 0.4) is 0 Å². The lowest BCUT2D eigenvalue weighted by molar-refractivity contribution is -0.168. The molecule has 0 aliphatic carbocycles. The van der Waals surface area contributed by atoms with E-state index in [1.807, 2.05) is 0 Å². The van der Waals surface area contributed by atoms with Crippen molar-refractivity contribution < 1.29 is 23.9 Å². The Bertz CT molecular complexity index is 342. The molecule has 19 heavy (non-hydrogen) atoms. The number of alkyl carbamates (subject to hydrolysis) is 1. The number of carbonyl (C=O) groups excluding carboxylic acids is 3. The van der Waals surface area contributed by atoms with E-state index in [0.29, 0.717) is 0 Å². The van der Waals surface area contributed by atoms with Gasteiger partial charge in [0.2, 0.25) is 6.29 Å². The zero-order valence-electron chi connectivity index (χ0n) is 11.2. The van der Waals surface area contributed by atoms with Crippen LogP contribution < -0.4 is 5.32 Å². The van der Waals surface area contributed by atoms with Crippen LogP contribution >= 0.6 is 0 Å². The molecule has 0 saturated heterocycles. The Morgan fingerprint density at radius 1 is 1.16 bits per heavy atom. The molecule has 2 amide bonds. The zero-order valence-corrected chi connectivity index (χ0v) is 11.2. The highest BCUT2D eigenvalue weighted by Crippen LogP contribution is 2.02. The molecular formula is C11H18N2O6. The van der Waals surface area contributed by atoms with Crippen LogP contribution in [0.25, 0.3) is 0 Å². The summed E-state index contributed by atoms with van der Waals surface area (Å²) < 4.78 is 9.55. The second-order valence-electron chi connectivity index (χ2n) is 4.08. The van der Waals surface area contributed by atoms with Crippen LogP contribution in [0.5, 0.6) is 0 Å². The third kappa shape index (κ3) is 8.70. The molecule has 0 fully saturated rings. The zero-order chi connectivity index (χ0) is 14.8. The summed E-state index contributed by atoms with van der Waals surface area (Å²) in [5.41, 5.74) is 0. The van der Waals surface area contributed by atoms with Crippen LogP contribution in [0, 0.1) is 10.8 Å². The van der Waals surface area contributed by atoms with E-state index in [2.05, 4.69) is 10.5 Å². The number of amides is 2. The van der Waals surface area contributed by atoms with E-state index in [1.165, 1.54) is 6.92 Å². The van der Waals surface area contributed by atoms with Gasteiger partial charge in [-0.15, -0.1) is 4.91 Å². The van der Waals surface area contributed by atoms with Crippen LogP contribution in [0.4, 0.5) is 4.79 Å². The standard InChI is InChI=1S/C11H18N2O6/c1-7(2)10(15)18-8(3)19-11(16)12-6-4-5-9(14)13-17/h7-8H,4-6H2,1-3H3,(H,12,16)/t8-/m1/s1. The molecule has 0 aromatic heterocycles. The maximum absolute atomic E-state index is 11.2. The van der Waals surface area contributed by atoms with Gasteiger partial charge in [-0.1, -0.05) is 13.8 Å². The van der Waals surface area contributed by atoms with Crippen molar-refractivity contribution in [1.29, 1.82) is 0 Å². The fourth-order valence-corrected chi connectivity index (χ4v) is 0.992. The summed E-state index contributed by atoms with van der Waals surface area (Å²) in [6.07, 6.45) is -1.52. The maximum Gasteiger partial charge on any atom is 0.410 e. The van der Waals surface area contributed by atoms with Gasteiger partial charge in [0, 0.05) is 25.1 Å². The van der Waals surface area contributed by atoms with Crippen molar-refractivity contribution in [2.75, 3.05) is 6.54 Å². The largest absolute Gasteiger partial charge is 0.425 e. The molecule has 0 radical (unpaired) electrons. The molecule has 8 heteroatoms. The van der Waals surface area contributed by atoms with E-state index in [1.54, 1.807) is 13.8 Å². The van der Waals surface area contributed by atoms with E-state index in [-0.39, 0.29) is 25.3 Å². The Morgan fingerprint density at radius 3 is 2.32 bits per heavy atom. The third-order valence-corrected chi connectivity index (χ3v) is 1.97. The predicted octanol–water partition coefficient (Wildman–Crippen LogP) is 1.33. The average molecular weight is 274 g/mol. The summed E-state index contributed by atoms with van der Waals surface area (Å²) in [6, 6.07) is 0. The van der Waals surface area contributed by atoms with E-state index < -0.39 is 24.3 Å². The number of esters is 1. The maximum atomic E-state index is 11.2. The number of carbonyl (C=O) groups is 3. The third-order valence-electron chi connectivity index (χ3n) is 1.97. The molecule has 1 N–H and O–H groups in total. The first kappa shape index (κ1) is 17.0. The molecule has 0 bridgehead atoms. The lowest BCUT2D eigenvalue weighted by atomic mass is 10.2. The fourth-order valence-electron chi connectivity index (χ4n) is 0.992. The molecule has 108 valence electrons. The van der Waals surface area contributed by atoms with Gasteiger partial charge >= 0.3 is 12.1 Å². The molecule has 0 aromatic rings. The summed E-state index contributed by atoms with van der Waals surface area (Å²) in [6.45, 7) is 4.89. The summed E-state index contributed by atoms with van der Waals surface area (Å²) in [4.78, 5) is 42.7. The number of ether oxygens (including phenoxy) is 2. The Morgan fingerprint density at radius 2 is 1.79 bits per heavy atom. The van der Waals surface area contributed by atoms with E-state index in [0.717, 1.165) is 0 Å². The van der Waals surface area contributed by atoms with Crippen molar-refractivity contribution in [3.8, 4) is 0 Å². The Labute approximate surface area is 110 Å². The van der Waals surface area contributed by atoms with Crippen LogP contribution in [-0.4, -0.2) is 30.8 Å². The number of nitrogens with zero attached hydrogens (tertiary/aromatic N) is 1. The first-order valence-electron chi connectivity index (χ1n) is 5.88. The topological polar surface area (TPSA) is 111 Å². The van der Waals surface area contributed by atoms with Gasteiger partial charge < -0.3 is 14.8 Å². The minimum Gasteiger partial charge on any atom is -0.425 e. The minimum atomic E-state index is -0.992. The SMILES string of the molecule is CC(C)C(=O)O[C@@H](C)OC(=O)NCCCC(=O)N=O. The van der Waals surface area contributed by atoms with E-state index >= 15 is 0 Å². The Balaban J connectivity index is 3.76. The van der Waals surface area contributed by atoms with E-state index in [4.69, 9.17) is 9.47 Å². The molecule has 0 aliphatic heterocycles. The quantitative estimate of drug-likeness (QED) is 0.324. The summed E-state index contributed by atoms with van der Waals surface area (Å²) >= 11 is 0. The Kier molecular flexibility index (Phi) is 8.07. The second-order valence-corrected chi connectivity index (χ2v) is 4.08. The molecule has 8 nitrogen and oxygen atoms in total. The van der Waals surface area contributed by atoms with Crippen LogP contribution in [-0.2, 0) is 19.1 Å². The highest BCUT2D eigenvalue weighted by atomic mass is 16.7. The molecule has 0 aromatic carbocycles. The smallest absolute Gasteiger partial charge is 0.410 e. The number of nitrogens with one attached hydrogen (secondary N) is 1. The number of hydrogen-bond acceptors (Lipinski definition) is 6. The van der Waals surface area contributed by atoms with Gasteiger partial charge in [-0.25, -0.2) is 4.79 Å². The molecule has 0 unspecified atom stereocenters. The molecular weight excluding hydrogens is 256 g/mol. The summed E-state index contributed by atoms with van der Waals surface area (Å²) in [5.74, 6) is -1.55. The number of hydrogen-bond donors (Lipinski definition) is 1. The normalized spacial score (nSPS) is 11.6. The van der Waals surface area contributed by atoms with Crippen LogP contribution in [0.15, 0.2) is 5.18 Å². The molecule has 0 heterocycles. The lowest BCUT2D eigenvalue weighted by Gasteiger charge is -2.15. The fraction of sp³-hybridized carbons (Fsp3) is 0.727. The van der Waals surface area contributed by atoms with Gasteiger partial charge in [-0.05, 0) is 6.42 Å². The molecule has 0 rings (SSSR count). The highest BCUT2D eigenvalue weighted by Gasteiger charge is 2.16. The summed E-state index contributed by atoms with van der Waals surface area (Å²) in [7, 11) is 0. The number of rotatable bonds is 7. The minimum absolute atomic E-state index is 0.0400. The van der Waals surface area contributed by atoms with Crippen molar-refractivity contribution >= 4 is 18.0 Å². The number of nitroso groups, excluding NO2 is 1. The van der Waals surface area contributed by atoms with Crippen molar-refractivity contribution in [3.05, 3.63) is 4.91 Å². The first-order chi connectivity index (χ1) is 8.86. The van der Waals surface area contributed by atoms with Gasteiger partial charge in [0.05, 0.1) is 5.92 Å². The monoisotopic (exact) mass is 274 g/mol. The van der Waals surface area contributed by atoms with Crippen molar-refractivity contribution in [1.82, 2.24) is 5.32 Å².